The summed E-state index contributed by atoms with van der Waals surface area (Å²) < 4.78 is 6.24. The molecule has 1 atom stereocenters. The lowest BCUT2D eigenvalue weighted by Crippen LogP contribution is -2.49. The molecule has 3 N–H and O–H groups in total. The summed E-state index contributed by atoms with van der Waals surface area (Å²) in [5, 5.41) is 23.4. The van der Waals surface area contributed by atoms with Gasteiger partial charge in [-0.3, -0.25) is 4.79 Å². The van der Waals surface area contributed by atoms with Gasteiger partial charge in [-0.2, -0.15) is 0 Å². The molecule has 0 aromatic heterocycles. The third-order valence-electron chi connectivity index (χ3n) is 6.20. The predicted molar refractivity (Wildman–Crippen MR) is 120 cm³/mol. The van der Waals surface area contributed by atoms with Gasteiger partial charge >= 0.3 is 5.97 Å². The molecule has 168 valence electrons. The van der Waals surface area contributed by atoms with Gasteiger partial charge in [-0.05, 0) is 54.4 Å². The minimum atomic E-state index is -1.07. The van der Waals surface area contributed by atoms with Gasteiger partial charge in [0.15, 0.2) is 0 Å². The van der Waals surface area contributed by atoms with Crippen LogP contribution in [-0.4, -0.2) is 41.3 Å². The van der Waals surface area contributed by atoms with E-state index >= 15 is 0 Å². The zero-order valence-electron chi connectivity index (χ0n) is 18.6. The molecule has 0 heterocycles. The Bertz CT molecular complexity index is 925. The van der Waals surface area contributed by atoms with Crippen LogP contribution >= 0.6 is 0 Å². The maximum absolute atomic E-state index is 13.1. The Morgan fingerprint density at radius 3 is 2.32 bits per heavy atom. The van der Waals surface area contributed by atoms with Gasteiger partial charge in [-0.25, -0.2) is 4.79 Å². The highest BCUT2D eigenvalue weighted by Crippen LogP contribution is 2.33. The molecule has 31 heavy (non-hydrogen) atoms. The molecule has 1 fully saturated rings. The Hall–Kier alpha value is -2.60. The molecule has 1 amide bonds. The largest absolute Gasteiger partial charge is 0.492 e. The molecule has 2 aromatic rings. The number of aliphatic carboxylic acids is 1. The van der Waals surface area contributed by atoms with Crippen molar-refractivity contribution in [3.8, 4) is 5.75 Å². The number of carboxylic acids is 1. The lowest BCUT2D eigenvalue weighted by Gasteiger charge is -2.29. The molecule has 1 aliphatic rings. The number of carbonyl (C=O) groups is 2. The van der Waals surface area contributed by atoms with Crippen molar-refractivity contribution in [2.24, 2.45) is 17.3 Å². The number of fused-ring (bicyclic) bond motifs is 1. The van der Waals surface area contributed by atoms with Crippen molar-refractivity contribution in [2.45, 2.75) is 52.5 Å². The Balaban J connectivity index is 1.86. The second-order valence-corrected chi connectivity index (χ2v) is 9.65. The summed E-state index contributed by atoms with van der Waals surface area (Å²) in [5.74, 6) is -0.269. The number of hydrogen-bond acceptors (Lipinski definition) is 4. The van der Waals surface area contributed by atoms with Crippen molar-refractivity contribution in [1.29, 1.82) is 0 Å². The number of ether oxygens (including phenoxy) is 1. The third kappa shape index (κ3) is 5.56. The van der Waals surface area contributed by atoms with Gasteiger partial charge in [0.1, 0.15) is 11.8 Å². The fourth-order valence-corrected chi connectivity index (χ4v) is 4.22. The number of rotatable bonds is 7. The number of aliphatic hydroxyl groups is 1. The van der Waals surface area contributed by atoms with E-state index in [0.29, 0.717) is 29.8 Å². The molecule has 0 bridgehead atoms. The summed E-state index contributed by atoms with van der Waals surface area (Å²) >= 11 is 0. The molecule has 3 rings (SSSR count). The summed E-state index contributed by atoms with van der Waals surface area (Å²) in [6, 6.07) is 10.3. The summed E-state index contributed by atoms with van der Waals surface area (Å²) in [6.07, 6.45) is 3.95. The molecule has 6 heteroatoms. The first kappa shape index (κ1) is 23.1. The van der Waals surface area contributed by atoms with Crippen molar-refractivity contribution in [2.75, 3.05) is 13.2 Å². The Morgan fingerprint density at radius 1 is 1.06 bits per heavy atom. The summed E-state index contributed by atoms with van der Waals surface area (Å²) in [7, 11) is 0. The standard InChI is InChI=1S/C25H33NO5/c1-25(2,3)22(24(29)30)26-23(28)20-13-12-18-6-4-5-7-19(18)21(20)31-15-17-10-8-16(14-27)9-11-17/h4-7,12-13,16-17,22,27H,8-11,14-15H2,1-3H3,(H,26,28)(H,29,30)/t16?,17?,22-/m1/s1. The fraction of sp³-hybridized carbons (Fsp3) is 0.520. The number of amides is 1. The van der Waals surface area contributed by atoms with Crippen LogP contribution in [0.5, 0.6) is 5.75 Å². The van der Waals surface area contributed by atoms with E-state index < -0.39 is 23.3 Å². The van der Waals surface area contributed by atoms with Crippen molar-refractivity contribution < 1.29 is 24.5 Å². The number of benzene rings is 2. The lowest BCUT2D eigenvalue weighted by atomic mass is 9.83. The Morgan fingerprint density at radius 2 is 1.71 bits per heavy atom. The van der Waals surface area contributed by atoms with Crippen LogP contribution < -0.4 is 10.1 Å². The minimum absolute atomic E-state index is 0.236. The van der Waals surface area contributed by atoms with Gasteiger partial charge in [0.05, 0.1) is 12.2 Å². The van der Waals surface area contributed by atoms with E-state index in [9.17, 15) is 19.8 Å². The maximum Gasteiger partial charge on any atom is 0.326 e. The lowest BCUT2D eigenvalue weighted by molar-refractivity contribution is -0.142. The monoisotopic (exact) mass is 427 g/mol. The molecule has 0 aliphatic heterocycles. The van der Waals surface area contributed by atoms with Crippen LogP contribution in [0.3, 0.4) is 0 Å². The first-order valence-corrected chi connectivity index (χ1v) is 11.0. The van der Waals surface area contributed by atoms with Crippen LogP contribution in [0.2, 0.25) is 0 Å². The number of hydrogen-bond donors (Lipinski definition) is 3. The van der Waals surface area contributed by atoms with Crippen LogP contribution in [0.1, 0.15) is 56.8 Å². The zero-order valence-corrected chi connectivity index (χ0v) is 18.6. The van der Waals surface area contributed by atoms with Crippen molar-refractivity contribution in [3.63, 3.8) is 0 Å². The van der Waals surface area contributed by atoms with E-state index in [1.54, 1.807) is 26.8 Å². The van der Waals surface area contributed by atoms with Crippen molar-refractivity contribution >= 4 is 22.6 Å². The SMILES string of the molecule is CC(C)(C)[C@H](NC(=O)c1ccc2ccccc2c1OCC1CCC(CO)CC1)C(=O)O. The van der Waals surface area contributed by atoms with Gasteiger partial charge in [-0.15, -0.1) is 0 Å². The van der Waals surface area contributed by atoms with E-state index in [-0.39, 0.29) is 6.61 Å². The summed E-state index contributed by atoms with van der Waals surface area (Å²) in [4.78, 5) is 24.9. The van der Waals surface area contributed by atoms with E-state index in [0.717, 1.165) is 36.5 Å². The average molecular weight is 428 g/mol. The number of aliphatic hydroxyl groups excluding tert-OH is 1. The second kappa shape index (κ2) is 9.69. The van der Waals surface area contributed by atoms with Crippen molar-refractivity contribution in [1.82, 2.24) is 5.32 Å². The van der Waals surface area contributed by atoms with Crippen molar-refractivity contribution in [3.05, 3.63) is 42.0 Å². The quantitative estimate of drug-likeness (QED) is 0.614. The summed E-state index contributed by atoms with van der Waals surface area (Å²) in [6.45, 7) is 6.08. The van der Waals surface area contributed by atoms with E-state index in [1.165, 1.54) is 0 Å². The van der Waals surface area contributed by atoms with Gasteiger partial charge in [0, 0.05) is 12.0 Å². The van der Waals surface area contributed by atoms with Crippen LogP contribution in [0, 0.1) is 17.3 Å². The van der Waals surface area contributed by atoms with E-state index in [2.05, 4.69) is 5.32 Å². The van der Waals surface area contributed by atoms with Crippen LogP contribution in [0.4, 0.5) is 0 Å². The fourth-order valence-electron chi connectivity index (χ4n) is 4.22. The molecule has 2 aromatic carbocycles. The highest BCUT2D eigenvalue weighted by molar-refractivity contribution is 6.05. The van der Waals surface area contributed by atoms with Crippen LogP contribution in [0.15, 0.2) is 36.4 Å². The van der Waals surface area contributed by atoms with Gasteiger partial charge in [-0.1, -0.05) is 51.1 Å². The molecule has 0 unspecified atom stereocenters. The first-order valence-electron chi connectivity index (χ1n) is 11.0. The minimum Gasteiger partial charge on any atom is -0.492 e. The third-order valence-corrected chi connectivity index (χ3v) is 6.20. The summed E-state index contributed by atoms with van der Waals surface area (Å²) in [5.41, 5.74) is -0.289. The second-order valence-electron chi connectivity index (χ2n) is 9.65. The first-order chi connectivity index (χ1) is 14.7. The maximum atomic E-state index is 13.1. The van der Waals surface area contributed by atoms with Crippen LogP contribution in [0.25, 0.3) is 10.8 Å². The molecular formula is C25H33NO5. The number of nitrogens with one attached hydrogen (secondary N) is 1. The Labute approximate surface area is 183 Å². The average Bonchev–Trinajstić information content (AvgIpc) is 2.74. The molecule has 0 saturated heterocycles. The normalized spacial score (nSPS) is 20.3. The van der Waals surface area contributed by atoms with E-state index in [1.807, 2.05) is 30.3 Å². The molecule has 1 saturated carbocycles. The van der Waals surface area contributed by atoms with Crippen LogP contribution in [-0.2, 0) is 4.79 Å². The van der Waals surface area contributed by atoms with Gasteiger partial charge in [0.2, 0.25) is 0 Å². The molecular weight excluding hydrogens is 394 g/mol. The van der Waals surface area contributed by atoms with Gasteiger partial charge in [0.25, 0.3) is 5.91 Å². The van der Waals surface area contributed by atoms with Gasteiger partial charge < -0.3 is 20.3 Å². The highest BCUT2D eigenvalue weighted by Gasteiger charge is 2.33. The zero-order chi connectivity index (χ0) is 22.6. The predicted octanol–water partition coefficient (Wildman–Crippen LogP) is 4.25. The topological polar surface area (TPSA) is 95.9 Å². The molecule has 6 nitrogen and oxygen atoms in total. The molecule has 0 radical (unpaired) electrons. The van der Waals surface area contributed by atoms with E-state index in [4.69, 9.17) is 4.74 Å². The Kier molecular flexibility index (Phi) is 7.21. The number of carbonyl (C=O) groups excluding carboxylic acids is 1. The smallest absolute Gasteiger partial charge is 0.326 e. The number of carboxylic acid groups (broad SMARTS) is 1. The molecule has 0 spiro atoms. The highest BCUT2D eigenvalue weighted by atomic mass is 16.5. The molecule has 1 aliphatic carbocycles.